The lowest BCUT2D eigenvalue weighted by molar-refractivity contribution is -0.138. The summed E-state index contributed by atoms with van der Waals surface area (Å²) in [5, 5.41) is 9.91. The molecule has 2 aromatic carbocycles. The first-order chi connectivity index (χ1) is 10.5. The molecule has 0 aromatic heterocycles. The Balaban J connectivity index is 1.58. The lowest BCUT2D eigenvalue weighted by Gasteiger charge is -2.11. The molecule has 1 saturated carbocycles. The highest BCUT2D eigenvalue weighted by molar-refractivity contribution is 8.00. The fraction of sp³-hybridized carbons (Fsp3) is 0.235. The highest BCUT2D eigenvalue weighted by Gasteiger charge is 2.60. The van der Waals surface area contributed by atoms with Crippen LogP contribution in [0.5, 0.6) is 11.5 Å². The maximum absolute atomic E-state index is 11.1. The molecular weight excluding hydrogens is 320 g/mol. The Hall–Kier alpha value is -1.65. The first-order valence-corrected chi connectivity index (χ1v) is 8.28. The van der Waals surface area contributed by atoms with Crippen molar-refractivity contribution < 1.29 is 14.6 Å². The van der Waals surface area contributed by atoms with Crippen molar-refractivity contribution >= 4 is 29.3 Å². The van der Waals surface area contributed by atoms with E-state index in [9.17, 15) is 4.79 Å². The lowest BCUT2D eigenvalue weighted by Crippen LogP contribution is -2.03. The minimum absolute atomic E-state index is 0.162. The van der Waals surface area contributed by atoms with Gasteiger partial charge >= 0.3 is 5.97 Å². The monoisotopic (exact) mass is 332 g/mol. The van der Waals surface area contributed by atoms with Gasteiger partial charge in [-0.25, -0.2) is 0 Å². The Labute approximate surface area is 137 Å². The number of hydrogen-bond donors (Lipinski definition) is 1. The van der Waals surface area contributed by atoms with E-state index in [-0.39, 0.29) is 17.1 Å². The third kappa shape index (κ3) is 2.18. The van der Waals surface area contributed by atoms with E-state index in [1.54, 1.807) is 11.8 Å². The third-order valence-electron chi connectivity index (χ3n) is 4.16. The van der Waals surface area contributed by atoms with E-state index in [0.717, 1.165) is 21.8 Å². The minimum atomic E-state index is -0.695. The Morgan fingerprint density at radius 3 is 2.82 bits per heavy atom. The van der Waals surface area contributed by atoms with Crippen LogP contribution in [0.25, 0.3) is 0 Å². The number of benzene rings is 2. The van der Waals surface area contributed by atoms with Crippen molar-refractivity contribution in [1.29, 1.82) is 0 Å². The van der Waals surface area contributed by atoms with Gasteiger partial charge in [-0.3, -0.25) is 4.79 Å². The topological polar surface area (TPSA) is 46.5 Å². The van der Waals surface area contributed by atoms with Crippen LogP contribution >= 0.6 is 23.4 Å². The van der Waals surface area contributed by atoms with Crippen molar-refractivity contribution in [1.82, 2.24) is 0 Å². The van der Waals surface area contributed by atoms with Crippen molar-refractivity contribution in [2.75, 3.05) is 0 Å². The molecule has 4 rings (SSSR count). The van der Waals surface area contributed by atoms with Crippen LogP contribution in [0.4, 0.5) is 0 Å². The molecule has 5 heteroatoms. The summed E-state index contributed by atoms with van der Waals surface area (Å²) >= 11 is 7.82. The average Bonchev–Trinajstić information content (AvgIpc) is 3.06. The molecule has 22 heavy (non-hydrogen) atoms. The molecule has 1 aliphatic heterocycles. The first-order valence-electron chi connectivity index (χ1n) is 7.02. The Morgan fingerprint density at radius 2 is 2.09 bits per heavy atom. The average molecular weight is 333 g/mol. The molecule has 1 heterocycles. The van der Waals surface area contributed by atoms with Crippen LogP contribution in [-0.2, 0) is 4.79 Å². The second-order valence-corrected chi connectivity index (χ2v) is 7.33. The summed E-state index contributed by atoms with van der Waals surface area (Å²) in [7, 11) is 0. The number of carboxylic acids is 1. The summed E-state index contributed by atoms with van der Waals surface area (Å²) in [5.74, 6) is 0.596. The molecule has 0 radical (unpaired) electrons. The zero-order chi connectivity index (χ0) is 15.4. The van der Waals surface area contributed by atoms with Gasteiger partial charge < -0.3 is 9.84 Å². The van der Waals surface area contributed by atoms with Gasteiger partial charge in [0.25, 0.3) is 0 Å². The van der Waals surface area contributed by atoms with E-state index in [1.165, 1.54) is 0 Å². The molecule has 0 saturated heterocycles. The summed E-state index contributed by atoms with van der Waals surface area (Å²) in [6.07, 6.45) is 0. The zero-order valence-electron chi connectivity index (χ0n) is 11.7. The number of aryl methyl sites for hydroxylation is 1. The molecule has 1 N–H and O–H groups in total. The van der Waals surface area contributed by atoms with Gasteiger partial charge in [0.15, 0.2) is 0 Å². The summed E-state index contributed by atoms with van der Waals surface area (Å²) in [4.78, 5) is 12.2. The maximum Gasteiger partial charge on any atom is 0.308 e. The molecule has 0 amide bonds. The molecule has 112 valence electrons. The predicted molar refractivity (Wildman–Crippen MR) is 86.2 cm³/mol. The molecule has 0 spiro atoms. The van der Waals surface area contributed by atoms with E-state index in [4.69, 9.17) is 21.4 Å². The second kappa shape index (κ2) is 4.93. The van der Waals surface area contributed by atoms with Gasteiger partial charge in [0.05, 0.1) is 10.9 Å². The quantitative estimate of drug-likeness (QED) is 0.884. The first kappa shape index (κ1) is 14.0. The summed E-state index contributed by atoms with van der Waals surface area (Å²) in [6, 6.07) is 11.5. The number of fused-ring (bicyclic) bond motifs is 3. The summed E-state index contributed by atoms with van der Waals surface area (Å²) < 4.78 is 5.85. The highest BCUT2D eigenvalue weighted by Crippen LogP contribution is 2.65. The number of carbonyl (C=O) groups is 1. The fourth-order valence-electron chi connectivity index (χ4n) is 3.01. The van der Waals surface area contributed by atoms with E-state index < -0.39 is 5.97 Å². The molecule has 2 aliphatic rings. The fourth-order valence-corrected chi connectivity index (χ4v) is 4.91. The van der Waals surface area contributed by atoms with Gasteiger partial charge in [-0.15, -0.1) is 11.8 Å². The molecular formula is C17H13ClO3S. The van der Waals surface area contributed by atoms with Gasteiger partial charge in [-0.2, -0.15) is 0 Å². The van der Waals surface area contributed by atoms with Crippen molar-refractivity contribution in [3.63, 3.8) is 0 Å². The van der Waals surface area contributed by atoms with Crippen LogP contribution in [0, 0.1) is 12.8 Å². The zero-order valence-corrected chi connectivity index (χ0v) is 13.3. The van der Waals surface area contributed by atoms with E-state index in [2.05, 4.69) is 0 Å². The SMILES string of the molecule is Cc1ccc(Oc2ccc3c(c2)SC2C(C(=O)O)C32)c(Cl)c1. The van der Waals surface area contributed by atoms with Crippen molar-refractivity contribution in [3.05, 3.63) is 52.5 Å². The van der Waals surface area contributed by atoms with E-state index >= 15 is 0 Å². The molecule has 0 bridgehead atoms. The van der Waals surface area contributed by atoms with Crippen LogP contribution in [0.3, 0.4) is 0 Å². The van der Waals surface area contributed by atoms with Gasteiger partial charge in [0.1, 0.15) is 11.5 Å². The van der Waals surface area contributed by atoms with Gasteiger partial charge in [0, 0.05) is 16.1 Å². The number of thioether (sulfide) groups is 1. The molecule has 1 aliphatic carbocycles. The van der Waals surface area contributed by atoms with Crippen LogP contribution in [-0.4, -0.2) is 16.3 Å². The van der Waals surface area contributed by atoms with Gasteiger partial charge in [0.2, 0.25) is 0 Å². The Kier molecular flexibility index (Phi) is 3.13. The number of halogens is 1. The van der Waals surface area contributed by atoms with Crippen molar-refractivity contribution in [2.24, 2.45) is 5.92 Å². The molecule has 3 unspecified atom stereocenters. The third-order valence-corrected chi connectivity index (χ3v) is 5.92. The predicted octanol–water partition coefficient (Wildman–Crippen LogP) is 4.71. The van der Waals surface area contributed by atoms with Gasteiger partial charge in [-0.05, 0) is 42.3 Å². The largest absolute Gasteiger partial charge is 0.481 e. The molecule has 2 aromatic rings. The number of carboxylic acid groups (broad SMARTS) is 1. The van der Waals surface area contributed by atoms with Crippen LogP contribution in [0.1, 0.15) is 17.0 Å². The van der Waals surface area contributed by atoms with Gasteiger partial charge in [-0.1, -0.05) is 23.7 Å². The maximum atomic E-state index is 11.1. The van der Waals surface area contributed by atoms with Crippen LogP contribution in [0.15, 0.2) is 41.3 Å². The molecule has 3 atom stereocenters. The van der Waals surface area contributed by atoms with Crippen molar-refractivity contribution in [2.45, 2.75) is 23.0 Å². The Morgan fingerprint density at radius 1 is 1.27 bits per heavy atom. The lowest BCUT2D eigenvalue weighted by atomic mass is 10.1. The molecule has 3 nitrogen and oxygen atoms in total. The minimum Gasteiger partial charge on any atom is -0.481 e. The number of rotatable bonds is 3. The van der Waals surface area contributed by atoms with E-state index in [0.29, 0.717) is 10.8 Å². The smallest absolute Gasteiger partial charge is 0.308 e. The van der Waals surface area contributed by atoms with E-state index in [1.807, 2.05) is 43.3 Å². The van der Waals surface area contributed by atoms with Crippen molar-refractivity contribution in [3.8, 4) is 11.5 Å². The standard InChI is InChI=1S/C17H13ClO3S/c1-8-2-5-12(11(18)6-8)21-9-3-4-10-13(7-9)22-16-14(10)15(16)17(19)20/h2-7,14-16H,1H3,(H,19,20). The number of ether oxygens (including phenoxy) is 1. The highest BCUT2D eigenvalue weighted by atomic mass is 35.5. The summed E-state index contributed by atoms with van der Waals surface area (Å²) in [5.41, 5.74) is 2.21. The number of hydrogen-bond acceptors (Lipinski definition) is 3. The second-order valence-electron chi connectivity index (χ2n) is 5.71. The number of aliphatic carboxylic acids is 1. The van der Waals surface area contributed by atoms with Crippen LogP contribution in [0.2, 0.25) is 5.02 Å². The molecule has 1 fully saturated rings. The normalized spacial score (nSPS) is 24.5. The summed E-state index contributed by atoms with van der Waals surface area (Å²) in [6.45, 7) is 1.98. The van der Waals surface area contributed by atoms with Crippen LogP contribution < -0.4 is 4.74 Å². The Bertz CT molecular complexity index is 789.